The van der Waals surface area contributed by atoms with E-state index in [1.807, 2.05) is 0 Å². The van der Waals surface area contributed by atoms with Crippen molar-refractivity contribution >= 4 is 29.1 Å². The number of hydrogen-bond donors (Lipinski definition) is 0. The fourth-order valence-electron chi connectivity index (χ4n) is 2.27. The van der Waals surface area contributed by atoms with Gasteiger partial charge in [0.2, 0.25) is 0 Å². The summed E-state index contributed by atoms with van der Waals surface area (Å²) in [5, 5.41) is 0.508. The monoisotopic (exact) mass is 344 g/mol. The molecule has 4 nitrogen and oxygen atoms in total. The highest BCUT2D eigenvalue weighted by atomic mass is 35.5. The second-order valence-corrected chi connectivity index (χ2v) is 5.61. The Morgan fingerprint density at radius 3 is 2.17 bits per heavy atom. The van der Waals surface area contributed by atoms with Crippen molar-refractivity contribution in [3.8, 4) is 0 Å². The van der Waals surface area contributed by atoms with Crippen molar-refractivity contribution < 1.29 is 19.1 Å². The third-order valence-electron chi connectivity index (χ3n) is 3.50. The summed E-state index contributed by atoms with van der Waals surface area (Å²) >= 11 is 5.80. The van der Waals surface area contributed by atoms with E-state index in [1.165, 1.54) is 0 Å². The van der Waals surface area contributed by atoms with Crippen molar-refractivity contribution in [3.63, 3.8) is 0 Å². The van der Waals surface area contributed by atoms with Gasteiger partial charge in [-0.3, -0.25) is 14.4 Å². The predicted octanol–water partition coefficient (Wildman–Crippen LogP) is 3.98. The molecule has 0 saturated carbocycles. The predicted molar refractivity (Wildman–Crippen MR) is 91.3 cm³/mol. The molecular weight excluding hydrogens is 328 g/mol. The van der Waals surface area contributed by atoms with Crippen molar-refractivity contribution in [1.82, 2.24) is 0 Å². The van der Waals surface area contributed by atoms with Crippen LogP contribution in [0.4, 0.5) is 0 Å². The van der Waals surface area contributed by atoms with Gasteiger partial charge in [-0.15, -0.1) is 0 Å². The molecule has 0 amide bonds. The highest BCUT2D eigenvalue weighted by Crippen LogP contribution is 2.19. The van der Waals surface area contributed by atoms with Crippen LogP contribution in [0.5, 0.6) is 0 Å². The molecule has 0 aliphatic rings. The van der Waals surface area contributed by atoms with Crippen molar-refractivity contribution in [3.05, 3.63) is 70.7 Å². The van der Waals surface area contributed by atoms with E-state index in [-0.39, 0.29) is 18.8 Å². The highest BCUT2D eigenvalue weighted by molar-refractivity contribution is 6.30. The van der Waals surface area contributed by atoms with Crippen molar-refractivity contribution in [2.75, 3.05) is 6.61 Å². The van der Waals surface area contributed by atoms with E-state index in [9.17, 15) is 14.4 Å². The van der Waals surface area contributed by atoms with Crippen LogP contribution in [0.25, 0.3) is 0 Å². The molecule has 1 unspecified atom stereocenters. The van der Waals surface area contributed by atoms with Crippen LogP contribution in [0.1, 0.15) is 34.1 Å². The Morgan fingerprint density at radius 2 is 1.58 bits per heavy atom. The number of Topliss-reactive ketones (excluding diaryl/α,β-unsaturated/α-hetero) is 2. The molecule has 5 heteroatoms. The standard InChI is InChI=1S/C19H17ClO4/c1-2-24-19(23)16(18(22)14-6-4-3-5-7-14)12-17(21)13-8-10-15(20)11-9-13/h3-11,16H,2,12H2,1H3. The fraction of sp³-hybridized carbons (Fsp3) is 0.211. The smallest absolute Gasteiger partial charge is 0.317 e. The molecule has 2 aromatic rings. The van der Waals surface area contributed by atoms with Gasteiger partial charge < -0.3 is 4.74 Å². The average molecular weight is 345 g/mol. The van der Waals surface area contributed by atoms with Gasteiger partial charge in [-0.25, -0.2) is 0 Å². The van der Waals surface area contributed by atoms with Crippen LogP contribution in [0.3, 0.4) is 0 Å². The third-order valence-corrected chi connectivity index (χ3v) is 3.75. The second-order valence-electron chi connectivity index (χ2n) is 5.17. The zero-order valence-corrected chi connectivity index (χ0v) is 14.0. The minimum atomic E-state index is -1.16. The zero-order chi connectivity index (χ0) is 17.5. The molecule has 2 rings (SSSR count). The van der Waals surface area contributed by atoms with Crippen LogP contribution in [-0.4, -0.2) is 24.1 Å². The van der Waals surface area contributed by atoms with Crippen LogP contribution < -0.4 is 0 Å². The molecule has 0 radical (unpaired) electrons. The Balaban J connectivity index is 2.23. The zero-order valence-electron chi connectivity index (χ0n) is 13.2. The Kier molecular flexibility index (Phi) is 6.27. The summed E-state index contributed by atoms with van der Waals surface area (Å²) in [4.78, 5) is 37.2. The van der Waals surface area contributed by atoms with E-state index in [0.29, 0.717) is 16.1 Å². The molecule has 124 valence electrons. The lowest BCUT2D eigenvalue weighted by Crippen LogP contribution is -2.29. The first-order valence-electron chi connectivity index (χ1n) is 7.57. The SMILES string of the molecule is CCOC(=O)C(CC(=O)c1ccc(Cl)cc1)C(=O)c1ccccc1. The van der Waals surface area contributed by atoms with Crippen molar-refractivity contribution in [1.29, 1.82) is 0 Å². The van der Waals surface area contributed by atoms with Crippen LogP contribution in [0.15, 0.2) is 54.6 Å². The summed E-state index contributed by atoms with van der Waals surface area (Å²) in [7, 11) is 0. The summed E-state index contributed by atoms with van der Waals surface area (Å²) in [6, 6.07) is 14.7. The molecule has 0 spiro atoms. The molecule has 0 bridgehead atoms. The summed E-state index contributed by atoms with van der Waals surface area (Å²) < 4.78 is 4.97. The van der Waals surface area contributed by atoms with Crippen LogP contribution >= 0.6 is 11.6 Å². The molecule has 2 aromatic carbocycles. The van der Waals surface area contributed by atoms with E-state index < -0.39 is 17.7 Å². The molecule has 0 saturated heterocycles. The van der Waals surface area contributed by atoms with E-state index in [2.05, 4.69) is 0 Å². The lowest BCUT2D eigenvalue weighted by molar-refractivity contribution is -0.146. The Morgan fingerprint density at radius 1 is 0.958 bits per heavy atom. The van der Waals surface area contributed by atoms with Gasteiger partial charge in [0, 0.05) is 22.6 Å². The summed E-state index contributed by atoms with van der Waals surface area (Å²) in [5.41, 5.74) is 0.772. The lowest BCUT2D eigenvalue weighted by Gasteiger charge is -2.14. The summed E-state index contributed by atoms with van der Waals surface area (Å²) in [6.07, 6.45) is -0.242. The number of ketones is 2. The van der Waals surface area contributed by atoms with Gasteiger partial charge in [-0.05, 0) is 31.2 Å². The maximum atomic E-state index is 12.6. The topological polar surface area (TPSA) is 60.4 Å². The number of carbonyl (C=O) groups excluding carboxylic acids is 3. The normalized spacial score (nSPS) is 11.6. The minimum Gasteiger partial charge on any atom is -0.465 e. The number of esters is 1. The van der Waals surface area contributed by atoms with Gasteiger partial charge in [0.1, 0.15) is 5.92 Å². The molecule has 0 aromatic heterocycles. The molecule has 1 atom stereocenters. The molecule has 0 heterocycles. The second kappa shape index (κ2) is 8.41. The Bertz CT molecular complexity index is 723. The molecule has 24 heavy (non-hydrogen) atoms. The largest absolute Gasteiger partial charge is 0.465 e. The van der Waals surface area contributed by atoms with Gasteiger partial charge in [-0.1, -0.05) is 41.9 Å². The first-order valence-corrected chi connectivity index (χ1v) is 7.95. The van der Waals surface area contributed by atoms with Crippen molar-refractivity contribution in [2.45, 2.75) is 13.3 Å². The third kappa shape index (κ3) is 4.52. The molecule has 0 fully saturated rings. The number of carbonyl (C=O) groups is 3. The average Bonchev–Trinajstić information content (AvgIpc) is 2.60. The van der Waals surface area contributed by atoms with E-state index in [1.54, 1.807) is 61.5 Å². The molecule has 0 N–H and O–H groups in total. The lowest BCUT2D eigenvalue weighted by atomic mass is 9.91. The maximum absolute atomic E-state index is 12.6. The maximum Gasteiger partial charge on any atom is 0.317 e. The Hall–Kier alpha value is -2.46. The summed E-state index contributed by atoms with van der Waals surface area (Å²) in [6.45, 7) is 1.80. The Labute approximate surface area is 145 Å². The first-order chi connectivity index (χ1) is 11.5. The minimum absolute atomic E-state index is 0.145. The summed E-state index contributed by atoms with van der Waals surface area (Å²) in [5.74, 6) is -2.57. The van der Waals surface area contributed by atoms with Gasteiger partial charge in [0.25, 0.3) is 0 Å². The number of benzene rings is 2. The van der Waals surface area contributed by atoms with Crippen molar-refractivity contribution in [2.24, 2.45) is 5.92 Å². The quantitative estimate of drug-likeness (QED) is 0.433. The van der Waals surface area contributed by atoms with E-state index >= 15 is 0 Å². The number of halogens is 1. The number of ether oxygens (including phenoxy) is 1. The van der Waals surface area contributed by atoms with Gasteiger partial charge in [-0.2, -0.15) is 0 Å². The van der Waals surface area contributed by atoms with Gasteiger partial charge in [0.15, 0.2) is 11.6 Å². The van der Waals surface area contributed by atoms with Crippen LogP contribution in [0.2, 0.25) is 5.02 Å². The van der Waals surface area contributed by atoms with Gasteiger partial charge in [0.05, 0.1) is 6.61 Å². The molecule has 0 aliphatic heterocycles. The molecular formula is C19H17ClO4. The number of hydrogen-bond acceptors (Lipinski definition) is 4. The molecule has 0 aliphatic carbocycles. The van der Waals surface area contributed by atoms with Gasteiger partial charge >= 0.3 is 5.97 Å². The van der Waals surface area contributed by atoms with Crippen LogP contribution in [-0.2, 0) is 9.53 Å². The fourth-order valence-corrected chi connectivity index (χ4v) is 2.39. The van der Waals surface area contributed by atoms with E-state index in [0.717, 1.165) is 0 Å². The van der Waals surface area contributed by atoms with E-state index in [4.69, 9.17) is 16.3 Å². The first kappa shape index (κ1) is 17.9. The van der Waals surface area contributed by atoms with Crippen LogP contribution in [0, 0.1) is 5.92 Å². The number of rotatable bonds is 7. The highest BCUT2D eigenvalue weighted by Gasteiger charge is 2.31.